The van der Waals surface area contributed by atoms with Crippen LogP contribution in [0.4, 0.5) is 10.5 Å². The fourth-order valence-electron chi connectivity index (χ4n) is 0.892. The minimum Gasteiger partial charge on any atom is -0.336 e. The Morgan fingerprint density at radius 3 is 2.77 bits per heavy atom. The third kappa shape index (κ3) is 3.60. The number of carbonyl (C=O) groups excluding carboxylic acids is 1. The molecule has 0 saturated carbocycles. The van der Waals surface area contributed by atoms with E-state index in [2.05, 4.69) is 16.7 Å². The van der Waals surface area contributed by atoms with Crippen molar-refractivity contribution in [3.63, 3.8) is 0 Å². The Morgan fingerprint density at radius 1 is 1.46 bits per heavy atom. The first kappa shape index (κ1) is 9.58. The maximum absolute atomic E-state index is 11.2. The van der Waals surface area contributed by atoms with Crippen molar-refractivity contribution in [2.24, 2.45) is 0 Å². The molecule has 0 aliphatic carbocycles. The van der Waals surface area contributed by atoms with E-state index in [0.717, 1.165) is 0 Å². The van der Waals surface area contributed by atoms with Crippen LogP contribution >= 0.6 is 0 Å². The average molecular weight is 177 g/mol. The van der Waals surface area contributed by atoms with Gasteiger partial charge in [-0.25, -0.2) is 4.79 Å². The lowest BCUT2D eigenvalue weighted by atomic mass is 10.3. The van der Waals surface area contributed by atoms with Gasteiger partial charge in [-0.05, 0) is 19.9 Å². The quantitative estimate of drug-likeness (QED) is 0.712. The topological polar surface area (TPSA) is 41.1 Å². The highest BCUT2D eigenvalue weighted by Gasteiger charge is 2.01. The molecule has 1 rings (SSSR count). The Morgan fingerprint density at radius 2 is 2.23 bits per heavy atom. The number of benzene rings is 1. The molecule has 0 fully saturated rings. The van der Waals surface area contributed by atoms with Crippen molar-refractivity contribution in [2.45, 2.75) is 19.9 Å². The minimum absolute atomic E-state index is 0.142. The maximum atomic E-state index is 11.2. The molecular formula is C10H13N2O. The van der Waals surface area contributed by atoms with E-state index in [9.17, 15) is 4.79 Å². The Hall–Kier alpha value is -1.51. The van der Waals surface area contributed by atoms with Gasteiger partial charge in [0.2, 0.25) is 0 Å². The summed E-state index contributed by atoms with van der Waals surface area (Å²) in [5.74, 6) is 0. The van der Waals surface area contributed by atoms with Crippen LogP contribution in [0.2, 0.25) is 0 Å². The summed E-state index contributed by atoms with van der Waals surface area (Å²) in [4.78, 5) is 11.2. The Balaban J connectivity index is 2.46. The van der Waals surface area contributed by atoms with Crippen LogP contribution in [0.15, 0.2) is 24.3 Å². The molecule has 69 valence electrons. The summed E-state index contributed by atoms with van der Waals surface area (Å²) in [6.07, 6.45) is 0. The van der Waals surface area contributed by atoms with Crippen LogP contribution in [0, 0.1) is 6.07 Å². The zero-order chi connectivity index (χ0) is 9.68. The molecule has 1 aromatic carbocycles. The van der Waals surface area contributed by atoms with Gasteiger partial charge >= 0.3 is 6.03 Å². The highest BCUT2D eigenvalue weighted by atomic mass is 16.2. The summed E-state index contributed by atoms with van der Waals surface area (Å²) in [7, 11) is 0. The number of anilines is 1. The van der Waals surface area contributed by atoms with Gasteiger partial charge in [-0.15, -0.1) is 0 Å². The van der Waals surface area contributed by atoms with Gasteiger partial charge in [0.25, 0.3) is 0 Å². The first-order valence-corrected chi connectivity index (χ1v) is 4.22. The van der Waals surface area contributed by atoms with Gasteiger partial charge < -0.3 is 10.6 Å². The molecule has 0 saturated heterocycles. The van der Waals surface area contributed by atoms with E-state index in [1.54, 1.807) is 12.1 Å². The second kappa shape index (κ2) is 4.50. The molecule has 0 aliphatic rings. The number of urea groups is 1. The SMILES string of the molecule is CC(C)NC(=O)Nc1[c]cccc1. The van der Waals surface area contributed by atoms with Crippen LogP contribution in [-0.4, -0.2) is 12.1 Å². The van der Waals surface area contributed by atoms with Crippen LogP contribution in [-0.2, 0) is 0 Å². The van der Waals surface area contributed by atoms with Crippen molar-refractivity contribution in [1.82, 2.24) is 5.32 Å². The van der Waals surface area contributed by atoms with Crippen molar-refractivity contribution in [2.75, 3.05) is 5.32 Å². The van der Waals surface area contributed by atoms with Crippen LogP contribution in [0.3, 0.4) is 0 Å². The highest BCUT2D eigenvalue weighted by Crippen LogP contribution is 2.03. The second-order valence-electron chi connectivity index (χ2n) is 3.03. The number of hydrogen-bond acceptors (Lipinski definition) is 1. The largest absolute Gasteiger partial charge is 0.336 e. The smallest absolute Gasteiger partial charge is 0.319 e. The van der Waals surface area contributed by atoms with E-state index in [1.807, 2.05) is 26.0 Å². The predicted molar refractivity (Wildman–Crippen MR) is 52.6 cm³/mol. The molecule has 3 heteroatoms. The molecule has 2 amide bonds. The lowest BCUT2D eigenvalue weighted by Crippen LogP contribution is -2.34. The van der Waals surface area contributed by atoms with Gasteiger partial charge in [-0.1, -0.05) is 18.2 Å². The molecule has 0 aliphatic heterocycles. The van der Waals surface area contributed by atoms with E-state index in [4.69, 9.17) is 0 Å². The van der Waals surface area contributed by atoms with Crippen molar-refractivity contribution < 1.29 is 4.79 Å². The molecule has 2 N–H and O–H groups in total. The number of carbonyl (C=O) groups is 1. The van der Waals surface area contributed by atoms with E-state index in [1.165, 1.54) is 0 Å². The summed E-state index contributed by atoms with van der Waals surface area (Å²) < 4.78 is 0. The average Bonchev–Trinajstić information content (AvgIpc) is 2.04. The summed E-state index contributed by atoms with van der Waals surface area (Å²) in [5.41, 5.74) is 0.681. The number of rotatable bonds is 2. The van der Waals surface area contributed by atoms with Gasteiger partial charge in [0.15, 0.2) is 0 Å². The van der Waals surface area contributed by atoms with E-state index in [-0.39, 0.29) is 12.1 Å². The van der Waals surface area contributed by atoms with Gasteiger partial charge in [-0.2, -0.15) is 0 Å². The Labute approximate surface area is 78.2 Å². The fraction of sp³-hybridized carbons (Fsp3) is 0.300. The molecule has 0 unspecified atom stereocenters. The lowest BCUT2D eigenvalue weighted by molar-refractivity contribution is 0.250. The third-order valence-electron chi connectivity index (χ3n) is 1.38. The van der Waals surface area contributed by atoms with Gasteiger partial charge in [0.1, 0.15) is 0 Å². The molecule has 0 aromatic heterocycles. The third-order valence-corrected chi connectivity index (χ3v) is 1.38. The first-order valence-electron chi connectivity index (χ1n) is 4.22. The summed E-state index contributed by atoms with van der Waals surface area (Å²) in [6, 6.07) is 10.1. The lowest BCUT2D eigenvalue weighted by Gasteiger charge is -2.09. The Bertz CT molecular complexity index is 270. The molecule has 0 heterocycles. The minimum atomic E-state index is -0.197. The first-order chi connectivity index (χ1) is 6.18. The monoisotopic (exact) mass is 177 g/mol. The zero-order valence-corrected chi connectivity index (χ0v) is 7.79. The standard InChI is InChI=1S/C10H13N2O/c1-8(2)11-10(13)12-9-6-4-3-5-7-9/h3-6,8H,1-2H3,(H2,11,12,13). The summed E-state index contributed by atoms with van der Waals surface area (Å²) >= 11 is 0. The normalized spacial score (nSPS) is 9.77. The van der Waals surface area contributed by atoms with Crippen molar-refractivity contribution in [3.05, 3.63) is 30.3 Å². The van der Waals surface area contributed by atoms with Crippen LogP contribution < -0.4 is 10.6 Å². The molecule has 0 atom stereocenters. The van der Waals surface area contributed by atoms with Crippen LogP contribution in [0.25, 0.3) is 0 Å². The molecule has 3 nitrogen and oxygen atoms in total. The zero-order valence-electron chi connectivity index (χ0n) is 7.79. The van der Waals surface area contributed by atoms with Crippen LogP contribution in [0.5, 0.6) is 0 Å². The fourth-order valence-corrected chi connectivity index (χ4v) is 0.892. The predicted octanol–water partition coefficient (Wildman–Crippen LogP) is 2.02. The molecular weight excluding hydrogens is 164 g/mol. The molecule has 1 radical (unpaired) electrons. The molecule has 0 spiro atoms. The summed E-state index contributed by atoms with van der Waals surface area (Å²) in [5, 5.41) is 5.39. The van der Waals surface area contributed by atoms with E-state index >= 15 is 0 Å². The van der Waals surface area contributed by atoms with E-state index < -0.39 is 0 Å². The number of amides is 2. The number of hydrogen-bond donors (Lipinski definition) is 2. The summed E-state index contributed by atoms with van der Waals surface area (Å²) in [6.45, 7) is 3.82. The van der Waals surface area contributed by atoms with Crippen molar-refractivity contribution in [1.29, 1.82) is 0 Å². The van der Waals surface area contributed by atoms with Gasteiger partial charge in [-0.3, -0.25) is 0 Å². The Kier molecular flexibility index (Phi) is 3.31. The van der Waals surface area contributed by atoms with Crippen molar-refractivity contribution in [3.8, 4) is 0 Å². The molecule has 1 aromatic rings. The second-order valence-corrected chi connectivity index (χ2v) is 3.03. The molecule has 0 bridgehead atoms. The van der Waals surface area contributed by atoms with Crippen molar-refractivity contribution >= 4 is 11.7 Å². The van der Waals surface area contributed by atoms with E-state index in [0.29, 0.717) is 5.69 Å². The highest BCUT2D eigenvalue weighted by molar-refractivity contribution is 5.89. The number of nitrogens with one attached hydrogen (secondary N) is 2. The van der Waals surface area contributed by atoms with Crippen LogP contribution in [0.1, 0.15) is 13.8 Å². The maximum Gasteiger partial charge on any atom is 0.319 e. The van der Waals surface area contributed by atoms with Gasteiger partial charge in [0, 0.05) is 12.1 Å². The van der Waals surface area contributed by atoms with Gasteiger partial charge in [0.05, 0.1) is 5.69 Å². The number of para-hydroxylation sites is 1. The molecule has 13 heavy (non-hydrogen) atoms.